The molecule has 0 atom stereocenters. The Balaban J connectivity index is 1.92. The summed E-state index contributed by atoms with van der Waals surface area (Å²) in [5.74, 6) is -0.800. The predicted molar refractivity (Wildman–Crippen MR) is 99.5 cm³/mol. The summed E-state index contributed by atoms with van der Waals surface area (Å²) in [6.45, 7) is 2.91. The quantitative estimate of drug-likeness (QED) is 0.690. The molecule has 8 heteroatoms. The fraction of sp³-hybridized carbons (Fsp3) is 0.316. The summed E-state index contributed by atoms with van der Waals surface area (Å²) in [7, 11) is 3.84. The Hall–Kier alpha value is -3.00. The number of hydrogen-bond acceptors (Lipinski definition) is 5. The SMILES string of the molecule is Cc1nc2c(C(=O)NCCN(C)C)cnn2c(O)c1Cc1ccccc1F. The molecule has 2 heterocycles. The zero-order chi connectivity index (χ0) is 19.6. The van der Waals surface area contributed by atoms with Gasteiger partial charge in [-0.05, 0) is 32.6 Å². The van der Waals surface area contributed by atoms with Crippen LogP contribution in [0, 0.1) is 12.7 Å². The number of hydrogen-bond donors (Lipinski definition) is 2. The van der Waals surface area contributed by atoms with Crippen LogP contribution < -0.4 is 5.32 Å². The lowest BCUT2D eigenvalue weighted by Gasteiger charge is -2.11. The van der Waals surface area contributed by atoms with Crippen molar-refractivity contribution in [3.63, 3.8) is 0 Å². The molecule has 0 unspecified atom stereocenters. The van der Waals surface area contributed by atoms with Gasteiger partial charge in [0.1, 0.15) is 11.4 Å². The Morgan fingerprint density at radius 2 is 2.07 bits per heavy atom. The molecule has 0 saturated heterocycles. The normalized spacial score (nSPS) is 11.3. The van der Waals surface area contributed by atoms with Gasteiger partial charge in [-0.2, -0.15) is 9.61 Å². The lowest BCUT2D eigenvalue weighted by Crippen LogP contribution is -2.31. The molecule has 3 rings (SSSR count). The molecule has 1 aromatic carbocycles. The molecule has 0 aliphatic rings. The van der Waals surface area contributed by atoms with Crippen LogP contribution in [0.1, 0.15) is 27.2 Å². The molecular weight excluding hydrogens is 349 g/mol. The highest BCUT2D eigenvalue weighted by Gasteiger charge is 2.20. The van der Waals surface area contributed by atoms with E-state index in [1.54, 1.807) is 25.1 Å². The number of rotatable bonds is 6. The first-order valence-corrected chi connectivity index (χ1v) is 8.61. The van der Waals surface area contributed by atoms with Crippen molar-refractivity contribution in [2.45, 2.75) is 13.3 Å². The number of carbonyl (C=O) groups excluding carboxylic acids is 1. The van der Waals surface area contributed by atoms with Crippen molar-refractivity contribution in [1.29, 1.82) is 0 Å². The number of halogens is 1. The van der Waals surface area contributed by atoms with Gasteiger partial charge in [-0.25, -0.2) is 9.37 Å². The average Bonchev–Trinajstić information content (AvgIpc) is 3.03. The maximum atomic E-state index is 14.0. The number of amides is 1. The van der Waals surface area contributed by atoms with Crippen molar-refractivity contribution in [2.24, 2.45) is 0 Å². The minimum absolute atomic E-state index is 0.145. The van der Waals surface area contributed by atoms with Crippen molar-refractivity contribution < 1.29 is 14.3 Å². The molecule has 0 spiro atoms. The first kappa shape index (κ1) is 18.8. The van der Waals surface area contributed by atoms with Gasteiger partial charge in [-0.1, -0.05) is 18.2 Å². The molecule has 27 heavy (non-hydrogen) atoms. The summed E-state index contributed by atoms with van der Waals surface area (Å²) in [6.07, 6.45) is 1.55. The number of benzene rings is 1. The molecule has 0 bridgehead atoms. The monoisotopic (exact) mass is 371 g/mol. The molecular formula is C19H22FN5O2. The molecule has 2 N–H and O–H groups in total. The predicted octanol–water partition coefficient (Wildman–Crippen LogP) is 1.76. The number of nitrogens with zero attached hydrogens (tertiary/aromatic N) is 4. The van der Waals surface area contributed by atoms with E-state index in [1.165, 1.54) is 16.8 Å². The van der Waals surface area contributed by atoms with Crippen LogP contribution in [0.25, 0.3) is 5.65 Å². The third-order valence-corrected chi connectivity index (χ3v) is 4.34. The highest BCUT2D eigenvalue weighted by atomic mass is 19.1. The Labute approximate surface area is 156 Å². The van der Waals surface area contributed by atoms with Gasteiger partial charge < -0.3 is 15.3 Å². The highest BCUT2D eigenvalue weighted by molar-refractivity contribution is 5.99. The molecule has 0 aliphatic heterocycles. The standard InChI is InChI=1S/C19H22FN5O2/c1-12-14(10-13-6-4-5-7-16(13)20)19(27)25-17(23-12)15(11-22-25)18(26)21-8-9-24(2)3/h4-7,11,27H,8-10H2,1-3H3,(H,21,26). The van der Waals surface area contributed by atoms with Crippen LogP contribution in [0.2, 0.25) is 0 Å². The summed E-state index contributed by atoms with van der Waals surface area (Å²) >= 11 is 0. The number of fused-ring (bicyclic) bond motifs is 1. The van der Waals surface area contributed by atoms with E-state index in [-0.39, 0.29) is 35.2 Å². The van der Waals surface area contributed by atoms with Gasteiger partial charge in [-0.15, -0.1) is 0 Å². The smallest absolute Gasteiger partial charge is 0.256 e. The van der Waals surface area contributed by atoms with Crippen LogP contribution >= 0.6 is 0 Å². The minimum atomic E-state index is -0.349. The number of carbonyl (C=O) groups is 1. The Bertz CT molecular complexity index is 984. The first-order valence-electron chi connectivity index (χ1n) is 8.61. The zero-order valence-corrected chi connectivity index (χ0v) is 15.5. The summed E-state index contributed by atoms with van der Waals surface area (Å²) in [5.41, 5.74) is 1.99. The van der Waals surface area contributed by atoms with Gasteiger partial charge in [0, 0.05) is 30.8 Å². The fourth-order valence-electron chi connectivity index (χ4n) is 2.81. The van der Waals surface area contributed by atoms with E-state index in [1.807, 2.05) is 19.0 Å². The highest BCUT2D eigenvalue weighted by Crippen LogP contribution is 2.26. The number of nitrogens with one attached hydrogen (secondary N) is 1. The van der Waals surface area contributed by atoms with E-state index in [0.29, 0.717) is 29.9 Å². The van der Waals surface area contributed by atoms with E-state index in [9.17, 15) is 14.3 Å². The van der Waals surface area contributed by atoms with Crippen molar-refractivity contribution >= 4 is 11.6 Å². The summed E-state index contributed by atoms with van der Waals surface area (Å²) in [6, 6.07) is 6.38. The largest absolute Gasteiger partial charge is 0.493 e. The summed E-state index contributed by atoms with van der Waals surface area (Å²) in [4.78, 5) is 18.8. The zero-order valence-electron chi connectivity index (χ0n) is 15.5. The van der Waals surface area contributed by atoms with E-state index < -0.39 is 0 Å². The van der Waals surface area contributed by atoms with E-state index in [2.05, 4.69) is 15.4 Å². The van der Waals surface area contributed by atoms with E-state index in [4.69, 9.17) is 0 Å². The van der Waals surface area contributed by atoms with Crippen LogP contribution in [0.3, 0.4) is 0 Å². The average molecular weight is 371 g/mol. The molecule has 0 aliphatic carbocycles. The van der Waals surface area contributed by atoms with Crippen molar-refractivity contribution in [3.05, 3.63) is 58.7 Å². The van der Waals surface area contributed by atoms with Crippen molar-refractivity contribution in [2.75, 3.05) is 27.2 Å². The van der Waals surface area contributed by atoms with Crippen LogP contribution in [0.4, 0.5) is 4.39 Å². The van der Waals surface area contributed by atoms with Gasteiger partial charge in [0.25, 0.3) is 5.91 Å². The number of aryl methyl sites for hydroxylation is 1. The summed E-state index contributed by atoms with van der Waals surface area (Å²) in [5, 5.41) is 17.5. The van der Waals surface area contributed by atoms with Gasteiger partial charge in [0.2, 0.25) is 5.88 Å². The van der Waals surface area contributed by atoms with Gasteiger partial charge in [0.15, 0.2) is 5.65 Å². The molecule has 142 valence electrons. The third-order valence-electron chi connectivity index (χ3n) is 4.34. The molecule has 7 nitrogen and oxygen atoms in total. The van der Waals surface area contributed by atoms with Crippen molar-refractivity contribution in [3.8, 4) is 5.88 Å². The second-order valence-corrected chi connectivity index (χ2v) is 6.62. The van der Waals surface area contributed by atoms with Crippen LogP contribution in [0.5, 0.6) is 5.88 Å². The van der Waals surface area contributed by atoms with E-state index >= 15 is 0 Å². The topological polar surface area (TPSA) is 82.8 Å². The van der Waals surface area contributed by atoms with Crippen LogP contribution in [0.15, 0.2) is 30.5 Å². The molecule has 3 aromatic rings. The Morgan fingerprint density at radius 3 is 2.78 bits per heavy atom. The minimum Gasteiger partial charge on any atom is -0.493 e. The second-order valence-electron chi connectivity index (χ2n) is 6.62. The van der Waals surface area contributed by atoms with Gasteiger partial charge in [-0.3, -0.25) is 4.79 Å². The number of aromatic hydroxyl groups is 1. The second kappa shape index (κ2) is 7.71. The third kappa shape index (κ3) is 3.90. The molecule has 0 fully saturated rings. The number of likely N-dealkylation sites (N-methyl/N-ethyl adjacent to an activating group) is 1. The summed E-state index contributed by atoms with van der Waals surface area (Å²) < 4.78 is 15.2. The molecule has 2 aromatic heterocycles. The maximum absolute atomic E-state index is 14.0. The fourth-order valence-corrected chi connectivity index (χ4v) is 2.81. The maximum Gasteiger partial charge on any atom is 0.256 e. The van der Waals surface area contributed by atoms with Crippen molar-refractivity contribution in [1.82, 2.24) is 24.8 Å². The van der Waals surface area contributed by atoms with Crippen LogP contribution in [-0.2, 0) is 6.42 Å². The Kier molecular flexibility index (Phi) is 5.36. The lowest BCUT2D eigenvalue weighted by atomic mass is 10.0. The van der Waals surface area contributed by atoms with E-state index in [0.717, 1.165) is 0 Å². The molecule has 0 saturated carbocycles. The van der Waals surface area contributed by atoms with Crippen LogP contribution in [-0.4, -0.2) is 57.7 Å². The van der Waals surface area contributed by atoms with Gasteiger partial charge >= 0.3 is 0 Å². The lowest BCUT2D eigenvalue weighted by molar-refractivity contribution is 0.0952. The molecule has 1 amide bonds. The Morgan fingerprint density at radius 1 is 1.33 bits per heavy atom. The van der Waals surface area contributed by atoms with Gasteiger partial charge in [0.05, 0.1) is 6.20 Å². The molecule has 0 radical (unpaired) electrons. The first-order chi connectivity index (χ1) is 12.9. The number of aromatic nitrogens is 3.